The number of hydrogen-bond acceptors (Lipinski definition) is 3. The van der Waals surface area contributed by atoms with Crippen molar-refractivity contribution in [1.82, 2.24) is 14.6 Å². The second kappa shape index (κ2) is 4.06. The Morgan fingerprint density at radius 1 is 1.35 bits per heavy atom. The second-order valence-electron chi connectivity index (χ2n) is 3.49. The van der Waals surface area contributed by atoms with Crippen molar-refractivity contribution in [2.45, 2.75) is 13.1 Å². The van der Waals surface area contributed by atoms with Crippen LogP contribution >= 0.6 is 11.6 Å². The predicted octanol–water partition coefficient (Wildman–Crippen LogP) is 2.67. The highest BCUT2D eigenvalue weighted by Crippen LogP contribution is 2.21. The van der Waals surface area contributed by atoms with Crippen LogP contribution in [0.3, 0.4) is 0 Å². The molecule has 0 bridgehead atoms. The minimum Gasteiger partial charge on any atom is -0.345 e. The Bertz CT molecular complexity index is 549. The van der Waals surface area contributed by atoms with Crippen molar-refractivity contribution in [3.05, 3.63) is 22.8 Å². The van der Waals surface area contributed by atoms with Crippen LogP contribution in [-0.2, 0) is 0 Å². The standard InChI is InChI=1S/C9H8ClF3N4/c1-5-2-3-6(10)17-7(5)15-16-8(17)14-4-9(11,12)13/h2-3H,4H2,1H3,(H,14,16). The predicted molar refractivity (Wildman–Crippen MR) is 57.3 cm³/mol. The van der Waals surface area contributed by atoms with Crippen molar-refractivity contribution in [3.8, 4) is 0 Å². The lowest BCUT2D eigenvalue weighted by Crippen LogP contribution is -2.22. The van der Waals surface area contributed by atoms with Gasteiger partial charge in [0.1, 0.15) is 11.7 Å². The molecule has 2 aromatic heterocycles. The maximum atomic E-state index is 12.1. The molecule has 1 N–H and O–H groups in total. The summed E-state index contributed by atoms with van der Waals surface area (Å²) in [5.74, 6) is -0.0222. The largest absolute Gasteiger partial charge is 0.405 e. The van der Waals surface area contributed by atoms with E-state index in [2.05, 4.69) is 15.5 Å². The molecule has 0 radical (unpaired) electrons. The highest BCUT2D eigenvalue weighted by atomic mass is 35.5. The molecule has 0 unspecified atom stereocenters. The molecule has 92 valence electrons. The number of rotatable bonds is 2. The molecule has 2 heterocycles. The Kier molecular flexibility index (Phi) is 2.86. The minimum absolute atomic E-state index is 0.0222. The maximum Gasteiger partial charge on any atom is 0.405 e. The van der Waals surface area contributed by atoms with Gasteiger partial charge in [-0.15, -0.1) is 10.2 Å². The van der Waals surface area contributed by atoms with E-state index in [0.29, 0.717) is 5.65 Å². The van der Waals surface area contributed by atoms with Gasteiger partial charge in [-0.3, -0.25) is 4.40 Å². The minimum atomic E-state index is -4.32. The first-order valence-electron chi connectivity index (χ1n) is 4.69. The van der Waals surface area contributed by atoms with Crippen LogP contribution in [0.15, 0.2) is 12.1 Å². The monoisotopic (exact) mass is 264 g/mol. The molecule has 17 heavy (non-hydrogen) atoms. The van der Waals surface area contributed by atoms with Gasteiger partial charge in [-0.2, -0.15) is 13.2 Å². The molecule has 0 atom stereocenters. The van der Waals surface area contributed by atoms with E-state index in [1.165, 1.54) is 4.40 Å². The van der Waals surface area contributed by atoms with Crippen molar-refractivity contribution < 1.29 is 13.2 Å². The highest BCUT2D eigenvalue weighted by Gasteiger charge is 2.27. The zero-order valence-corrected chi connectivity index (χ0v) is 9.47. The number of nitrogens with zero attached hydrogens (tertiary/aromatic N) is 3. The average molecular weight is 265 g/mol. The van der Waals surface area contributed by atoms with Crippen molar-refractivity contribution in [2.75, 3.05) is 11.9 Å². The summed E-state index contributed by atoms with van der Waals surface area (Å²) in [7, 11) is 0. The smallest absolute Gasteiger partial charge is 0.345 e. The topological polar surface area (TPSA) is 42.2 Å². The third-order valence-electron chi connectivity index (χ3n) is 2.15. The van der Waals surface area contributed by atoms with Gasteiger partial charge in [-0.25, -0.2) is 0 Å². The molecule has 0 fully saturated rings. The molecule has 8 heteroatoms. The number of nitrogens with one attached hydrogen (secondary N) is 1. The first kappa shape index (κ1) is 12.0. The highest BCUT2D eigenvalue weighted by molar-refractivity contribution is 6.29. The van der Waals surface area contributed by atoms with Gasteiger partial charge in [0.15, 0.2) is 5.65 Å². The molecule has 0 amide bonds. The third kappa shape index (κ3) is 2.44. The summed E-state index contributed by atoms with van der Waals surface area (Å²) >= 11 is 5.89. The Balaban J connectivity index is 2.39. The van der Waals surface area contributed by atoms with E-state index >= 15 is 0 Å². The van der Waals surface area contributed by atoms with Crippen molar-refractivity contribution in [3.63, 3.8) is 0 Å². The first-order valence-corrected chi connectivity index (χ1v) is 5.07. The van der Waals surface area contributed by atoms with E-state index in [1.807, 2.05) is 0 Å². The molecule has 2 aromatic rings. The number of fused-ring (bicyclic) bond motifs is 1. The van der Waals surface area contributed by atoms with Gasteiger partial charge < -0.3 is 5.32 Å². The van der Waals surface area contributed by atoms with Gasteiger partial charge in [0, 0.05) is 0 Å². The zero-order valence-electron chi connectivity index (χ0n) is 8.72. The Hall–Kier alpha value is -1.50. The summed E-state index contributed by atoms with van der Waals surface area (Å²) in [5, 5.41) is 9.82. The Morgan fingerprint density at radius 3 is 2.71 bits per heavy atom. The lowest BCUT2D eigenvalue weighted by atomic mass is 10.3. The summed E-state index contributed by atoms with van der Waals surface area (Å²) in [5.41, 5.74) is 1.21. The van der Waals surface area contributed by atoms with Gasteiger partial charge >= 0.3 is 6.18 Å². The van der Waals surface area contributed by atoms with Gasteiger partial charge in [0.25, 0.3) is 0 Å². The lowest BCUT2D eigenvalue weighted by Gasteiger charge is -2.08. The fraction of sp³-hybridized carbons (Fsp3) is 0.333. The lowest BCUT2D eigenvalue weighted by molar-refractivity contribution is -0.115. The number of aromatic nitrogens is 3. The maximum absolute atomic E-state index is 12.1. The first-order chi connectivity index (χ1) is 7.88. The molecule has 0 saturated carbocycles. The van der Waals surface area contributed by atoms with Crippen molar-refractivity contribution in [2.24, 2.45) is 0 Å². The van der Waals surface area contributed by atoms with E-state index < -0.39 is 12.7 Å². The fourth-order valence-corrected chi connectivity index (χ4v) is 1.60. The summed E-state index contributed by atoms with van der Waals surface area (Å²) < 4.78 is 37.6. The van der Waals surface area contributed by atoms with Gasteiger partial charge in [0.2, 0.25) is 5.95 Å². The van der Waals surface area contributed by atoms with E-state index in [4.69, 9.17) is 11.6 Å². The summed E-state index contributed by atoms with van der Waals surface area (Å²) in [4.78, 5) is 0. The molecule has 0 spiro atoms. The quantitative estimate of drug-likeness (QED) is 0.848. The van der Waals surface area contributed by atoms with Crippen LogP contribution < -0.4 is 5.32 Å². The van der Waals surface area contributed by atoms with E-state index in [0.717, 1.165) is 5.56 Å². The zero-order chi connectivity index (χ0) is 12.6. The van der Waals surface area contributed by atoms with Crippen LogP contribution in [0.1, 0.15) is 5.56 Å². The molecule has 0 aromatic carbocycles. The van der Waals surface area contributed by atoms with Gasteiger partial charge in [0.05, 0.1) is 0 Å². The molecular weight excluding hydrogens is 257 g/mol. The molecular formula is C9H8ClF3N4. The summed E-state index contributed by atoms with van der Waals surface area (Å²) in [6.45, 7) is 0.589. The number of hydrogen-bond donors (Lipinski definition) is 1. The molecule has 0 saturated heterocycles. The molecule has 0 aliphatic rings. The van der Waals surface area contributed by atoms with Crippen molar-refractivity contribution in [1.29, 1.82) is 0 Å². The molecule has 2 rings (SSSR count). The number of aryl methyl sites for hydroxylation is 1. The number of pyridine rings is 1. The van der Waals surface area contributed by atoms with Gasteiger partial charge in [-0.1, -0.05) is 17.7 Å². The SMILES string of the molecule is Cc1ccc(Cl)n2c(NCC(F)(F)F)nnc12. The van der Waals surface area contributed by atoms with E-state index in [9.17, 15) is 13.2 Å². The van der Waals surface area contributed by atoms with E-state index in [1.54, 1.807) is 19.1 Å². The van der Waals surface area contributed by atoms with Crippen LogP contribution in [0.25, 0.3) is 5.65 Å². The van der Waals surface area contributed by atoms with Crippen LogP contribution in [0.2, 0.25) is 5.15 Å². The molecule has 0 aliphatic heterocycles. The van der Waals surface area contributed by atoms with Crippen LogP contribution in [0, 0.1) is 6.92 Å². The Labute approximate surface area is 99.4 Å². The summed E-state index contributed by atoms with van der Waals surface area (Å²) in [6, 6.07) is 3.30. The average Bonchev–Trinajstić information content (AvgIpc) is 2.64. The van der Waals surface area contributed by atoms with E-state index in [-0.39, 0.29) is 11.1 Å². The molecule has 4 nitrogen and oxygen atoms in total. The van der Waals surface area contributed by atoms with Crippen LogP contribution in [0.5, 0.6) is 0 Å². The van der Waals surface area contributed by atoms with Gasteiger partial charge in [-0.05, 0) is 18.6 Å². The number of alkyl halides is 3. The molecule has 0 aliphatic carbocycles. The fourth-order valence-electron chi connectivity index (χ4n) is 1.38. The normalized spacial score (nSPS) is 12.1. The third-order valence-corrected chi connectivity index (χ3v) is 2.44. The number of anilines is 1. The number of halogens is 4. The Morgan fingerprint density at radius 2 is 2.06 bits per heavy atom. The van der Waals surface area contributed by atoms with Crippen LogP contribution in [0.4, 0.5) is 19.1 Å². The summed E-state index contributed by atoms with van der Waals surface area (Å²) in [6.07, 6.45) is -4.32. The van der Waals surface area contributed by atoms with Crippen LogP contribution in [-0.4, -0.2) is 27.3 Å². The van der Waals surface area contributed by atoms with Crippen molar-refractivity contribution >= 4 is 23.2 Å². The second-order valence-corrected chi connectivity index (χ2v) is 3.88.